The molecule has 0 unspecified atom stereocenters. The van der Waals surface area contributed by atoms with Crippen molar-refractivity contribution in [3.8, 4) is 0 Å². The number of anilines is 1. The number of rotatable bonds is 7. The summed E-state index contributed by atoms with van der Waals surface area (Å²) >= 11 is 0. The molecule has 0 aliphatic carbocycles. The van der Waals surface area contributed by atoms with Crippen LogP contribution in [0.15, 0.2) is 42.5 Å². The van der Waals surface area contributed by atoms with E-state index in [2.05, 4.69) is 20.8 Å². The zero-order valence-electron chi connectivity index (χ0n) is 16.9. The van der Waals surface area contributed by atoms with E-state index in [1.165, 1.54) is 5.56 Å². The van der Waals surface area contributed by atoms with Crippen molar-refractivity contribution in [1.82, 2.24) is 0 Å². The molecule has 0 atom stereocenters. The molecule has 0 fully saturated rings. The van der Waals surface area contributed by atoms with Gasteiger partial charge < -0.3 is 4.90 Å². The van der Waals surface area contributed by atoms with Crippen LogP contribution in [0.2, 0.25) is 0 Å². The van der Waals surface area contributed by atoms with E-state index in [0.29, 0.717) is 25.3 Å². The molecule has 1 amide bonds. The van der Waals surface area contributed by atoms with Gasteiger partial charge in [0.05, 0.1) is 11.5 Å². The zero-order chi connectivity index (χ0) is 20.3. The quantitative estimate of drug-likeness (QED) is 0.683. The summed E-state index contributed by atoms with van der Waals surface area (Å²) in [5.41, 5.74) is 4.83. The van der Waals surface area contributed by atoms with Gasteiger partial charge in [0.25, 0.3) is 0 Å². The van der Waals surface area contributed by atoms with E-state index in [1.54, 1.807) is 0 Å². The highest BCUT2D eigenvalue weighted by Gasteiger charge is 2.24. The average Bonchev–Trinajstić information content (AvgIpc) is 2.64. The third kappa shape index (κ3) is 4.82. The maximum Gasteiger partial charge on any atom is 0.227 e. The predicted octanol–water partition coefficient (Wildman–Crippen LogP) is 4.61. The Labute approximate surface area is 168 Å². The maximum absolute atomic E-state index is 12.7. The van der Waals surface area contributed by atoms with Crippen molar-refractivity contribution in [2.24, 2.45) is 0 Å². The van der Waals surface area contributed by atoms with Gasteiger partial charge in [-0.05, 0) is 47.1 Å². The first-order valence-electron chi connectivity index (χ1n) is 10.0. The molecule has 3 rings (SSSR count). The fraction of sp³-hybridized carbons (Fsp3) is 0.435. The first-order chi connectivity index (χ1) is 13.3. The van der Waals surface area contributed by atoms with Crippen LogP contribution in [0.3, 0.4) is 0 Å². The predicted molar refractivity (Wildman–Crippen MR) is 114 cm³/mol. The van der Waals surface area contributed by atoms with Crippen LogP contribution in [-0.4, -0.2) is 20.9 Å². The van der Waals surface area contributed by atoms with Gasteiger partial charge in [0.1, 0.15) is 0 Å². The van der Waals surface area contributed by atoms with Crippen LogP contribution < -0.4 is 4.90 Å². The minimum atomic E-state index is -3.26. The van der Waals surface area contributed by atoms with Crippen LogP contribution in [0.1, 0.15) is 61.8 Å². The summed E-state index contributed by atoms with van der Waals surface area (Å²) in [5.74, 6) is 0.650. The number of sulfone groups is 1. The molecule has 1 heterocycles. The Morgan fingerprint density at radius 3 is 2.25 bits per heavy atom. The molecular weight excluding hydrogens is 370 g/mol. The largest absolute Gasteiger partial charge is 0.312 e. The number of aryl methyl sites for hydroxylation is 1. The first kappa shape index (κ1) is 20.6. The molecule has 28 heavy (non-hydrogen) atoms. The van der Waals surface area contributed by atoms with Crippen molar-refractivity contribution in [2.45, 2.75) is 57.5 Å². The molecule has 0 bridgehead atoms. The lowest BCUT2D eigenvalue weighted by Gasteiger charge is -2.29. The third-order valence-corrected chi connectivity index (χ3v) is 6.76. The Hall–Kier alpha value is -2.14. The lowest BCUT2D eigenvalue weighted by atomic mass is 9.99. The number of carbonyl (C=O) groups is 1. The molecule has 0 saturated heterocycles. The minimum Gasteiger partial charge on any atom is -0.312 e. The van der Waals surface area contributed by atoms with Gasteiger partial charge in [-0.15, -0.1) is 0 Å². The van der Waals surface area contributed by atoms with Gasteiger partial charge in [0.2, 0.25) is 5.91 Å². The molecule has 0 aromatic heterocycles. The second-order valence-electron chi connectivity index (χ2n) is 7.94. The molecule has 4 nitrogen and oxygen atoms in total. The zero-order valence-corrected chi connectivity index (χ0v) is 17.8. The van der Waals surface area contributed by atoms with Crippen LogP contribution in [-0.2, 0) is 32.6 Å². The number of carbonyl (C=O) groups excluding carboxylic acids is 1. The maximum atomic E-state index is 12.7. The Balaban J connectivity index is 1.75. The average molecular weight is 400 g/mol. The smallest absolute Gasteiger partial charge is 0.227 e. The van der Waals surface area contributed by atoms with Gasteiger partial charge in [-0.25, -0.2) is 8.42 Å². The first-order valence-corrected chi connectivity index (χ1v) is 11.8. The van der Waals surface area contributed by atoms with E-state index >= 15 is 0 Å². The van der Waals surface area contributed by atoms with E-state index in [4.69, 9.17) is 0 Å². The summed E-state index contributed by atoms with van der Waals surface area (Å²) in [7, 11) is -3.26. The topological polar surface area (TPSA) is 54.5 Å². The molecule has 5 heteroatoms. The SMILES string of the molecule is CCCN1C(=O)CCc2cc(CS(=O)(=O)Cc3ccc(C(C)C)cc3)ccc21. The molecule has 1 aliphatic rings. The van der Waals surface area contributed by atoms with Gasteiger partial charge in [-0.3, -0.25) is 4.79 Å². The van der Waals surface area contributed by atoms with E-state index in [-0.39, 0.29) is 17.4 Å². The number of hydrogen-bond acceptors (Lipinski definition) is 3. The highest BCUT2D eigenvalue weighted by Crippen LogP contribution is 2.29. The molecule has 0 saturated carbocycles. The van der Waals surface area contributed by atoms with Crippen LogP contribution in [0.25, 0.3) is 0 Å². The van der Waals surface area contributed by atoms with Gasteiger partial charge >= 0.3 is 0 Å². The van der Waals surface area contributed by atoms with Crippen LogP contribution in [0.4, 0.5) is 5.69 Å². The van der Waals surface area contributed by atoms with E-state index in [0.717, 1.165) is 28.8 Å². The van der Waals surface area contributed by atoms with E-state index < -0.39 is 9.84 Å². The number of hydrogen-bond donors (Lipinski definition) is 0. The summed E-state index contributed by atoms with van der Waals surface area (Å²) < 4.78 is 25.4. The van der Waals surface area contributed by atoms with E-state index in [1.807, 2.05) is 47.4 Å². The summed E-state index contributed by atoms with van der Waals surface area (Å²) in [6.07, 6.45) is 2.07. The van der Waals surface area contributed by atoms with Gasteiger partial charge in [0, 0.05) is 18.7 Å². The number of nitrogens with zero attached hydrogens (tertiary/aromatic N) is 1. The monoisotopic (exact) mass is 399 g/mol. The molecule has 0 N–H and O–H groups in total. The van der Waals surface area contributed by atoms with Crippen molar-refractivity contribution in [3.63, 3.8) is 0 Å². The second kappa shape index (κ2) is 8.48. The van der Waals surface area contributed by atoms with Crippen LogP contribution in [0, 0.1) is 0 Å². The summed E-state index contributed by atoms with van der Waals surface area (Å²) in [4.78, 5) is 14.0. The number of amides is 1. The molecule has 2 aromatic carbocycles. The van der Waals surface area contributed by atoms with Crippen molar-refractivity contribution < 1.29 is 13.2 Å². The lowest BCUT2D eigenvalue weighted by molar-refractivity contribution is -0.118. The number of benzene rings is 2. The van der Waals surface area contributed by atoms with Gasteiger partial charge in [0.15, 0.2) is 9.84 Å². The third-order valence-electron chi connectivity index (χ3n) is 5.21. The van der Waals surface area contributed by atoms with Crippen molar-refractivity contribution in [2.75, 3.05) is 11.4 Å². The lowest BCUT2D eigenvalue weighted by Crippen LogP contribution is -2.35. The highest BCUT2D eigenvalue weighted by atomic mass is 32.2. The molecule has 0 spiro atoms. The molecule has 150 valence electrons. The summed E-state index contributed by atoms with van der Waals surface area (Å²) in [6.45, 7) is 7.00. The Kier molecular flexibility index (Phi) is 6.23. The fourth-order valence-corrected chi connectivity index (χ4v) is 5.22. The van der Waals surface area contributed by atoms with E-state index in [9.17, 15) is 13.2 Å². The molecular formula is C23H29NO3S. The molecule has 2 aromatic rings. The van der Waals surface area contributed by atoms with Crippen molar-refractivity contribution >= 4 is 21.4 Å². The van der Waals surface area contributed by atoms with Crippen LogP contribution in [0.5, 0.6) is 0 Å². The fourth-order valence-electron chi connectivity index (χ4n) is 3.73. The second-order valence-corrected chi connectivity index (χ2v) is 10.0. The van der Waals surface area contributed by atoms with Crippen LogP contribution >= 0.6 is 0 Å². The summed E-state index contributed by atoms with van der Waals surface area (Å²) in [6, 6.07) is 13.6. The Bertz CT molecular complexity index is 946. The van der Waals surface area contributed by atoms with Gasteiger partial charge in [-0.2, -0.15) is 0 Å². The standard InChI is InChI=1S/C23H29NO3S/c1-4-13-24-22-11-7-19(14-21(22)10-12-23(24)25)16-28(26,27)15-18-5-8-20(9-6-18)17(2)3/h5-9,11,14,17H,4,10,12-13,15-16H2,1-3H3. The Morgan fingerprint density at radius 1 is 0.964 bits per heavy atom. The number of fused-ring (bicyclic) bond motifs is 1. The minimum absolute atomic E-state index is 0.0218. The summed E-state index contributed by atoms with van der Waals surface area (Å²) in [5, 5.41) is 0. The van der Waals surface area contributed by atoms with Crippen molar-refractivity contribution in [1.29, 1.82) is 0 Å². The highest BCUT2D eigenvalue weighted by molar-refractivity contribution is 7.89. The Morgan fingerprint density at radius 2 is 1.61 bits per heavy atom. The van der Waals surface area contributed by atoms with Gasteiger partial charge in [-0.1, -0.05) is 57.2 Å². The molecule has 0 radical (unpaired) electrons. The van der Waals surface area contributed by atoms with Crippen molar-refractivity contribution in [3.05, 3.63) is 64.7 Å². The molecule has 1 aliphatic heterocycles. The normalized spacial score (nSPS) is 14.4.